The molecule has 0 spiro atoms. The molecule has 0 unspecified atom stereocenters. The van der Waals surface area contributed by atoms with Gasteiger partial charge in [0, 0.05) is 5.75 Å². The van der Waals surface area contributed by atoms with E-state index in [1.165, 1.54) is 23.8 Å². The van der Waals surface area contributed by atoms with Crippen molar-refractivity contribution in [1.82, 2.24) is 4.90 Å². The largest absolute Gasteiger partial charge is 0.467 e. The predicted molar refractivity (Wildman–Crippen MR) is 75.0 cm³/mol. The molecule has 0 saturated carbocycles. The van der Waals surface area contributed by atoms with Crippen molar-refractivity contribution in [3.63, 3.8) is 0 Å². The highest BCUT2D eigenvalue weighted by atomic mass is 32.2. The van der Waals surface area contributed by atoms with Crippen molar-refractivity contribution in [1.29, 1.82) is 0 Å². The highest BCUT2D eigenvalue weighted by molar-refractivity contribution is 8.00. The van der Waals surface area contributed by atoms with Gasteiger partial charge in [-0.1, -0.05) is 13.8 Å². The summed E-state index contributed by atoms with van der Waals surface area (Å²) in [6.07, 6.45) is -0.342. The van der Waals surface area contributed by atoms with Gasteiger partial charge in [0.15, 0.2) is 0 Å². The minimum atomic E-state index is -0.626. The molecule has 6 nitrogen and oxygen atoms in total. The quantitative estimate of drug-likeness (QED) is 0.558. The summed E-state index contributed by atoms with van der Waals surface area (Å²) < 4.78 is 9.51. The molecule has 0 N–H and O–H groups in total. The molecule has 1 fully saturated rings. The van der Waals surface area contributed by atoms with E-state index < -0.39 is 18.0 Å². The highest BCUT2D eigenvalue weighted by Gasteiger charge is 2.43. The van der Waals surface area contributed by atoms with Crippen LogP contribution in [-0.4, -0.2) is 53.6 Å². The van der Waals surface area contributed by atoms with E-state index in [0.717, 1.165) is 0 Å². The van der Waals surface area contributed by atoms with Crippen LogP contribution in [0.25, 0.3) is 0 Å². The third kappa shape index (κ3) is 3.88. The monoisotopic (exact) mass is 303 g/mol. The number of amides is 1. The van der Waals surface area contributed by atoms with Crippen LogP contribution in [0.3, 0.4) is 0 Å². The number of carbonyl (C=O) groups is 3. The molecule has 1 rings (SSSR count). The Labute approximate surface area is 123 Å². The number of nitrogens with zero attached hydrogens (tertiary/aromatic N) is 1. The lowest BCUT2D eigenvalue weighted by Gasteiger charge is -2.30. The zero-order valence-electron chi connectivity index (χ0n) is 12.3. The van der Waals surface area contributed by atoms with Gasteiger partial charge in [-0.25, -0.2) is 4.79 Å². The van der Waals surface area contributed by atoms with E-state index in [4.69, 9.17) is 9.47 Å². The summed E-state index contributed by atoms with van der Waals surface area (Å²) >= 11 is 1.53. The van der Waals surface area contributed by atoms with Gasteiger partial charge in [-0.2, -0.15) is 0 Å². The van der Waals surface area contributed by atoms with Crippen molar-refractivity contribution in [2.45, 2.75) is 38.6 Å². The third-order valence-corrected chi connectivity index (χ3v) is 4.59. The minimum absolute atomic E-state index is 0.124. The first-order valence-electron chi connectivity index (χ1n) is 6.58. The summed E-state index contributed by atoms with van der Waals surface area (Å²) in [4.78, 5) is 37.0. The molecule has 7 heteroatoms. The summed E-state index contributed by atoms with van der Waals surface area (Å²) in [5, 5.41) is -0.124. The Kier molecular flexibility index (Phi) is 6.32. The van der Waals surface area contributed by atoms with E-state index in [9.17, 15) is 14.4 Å². The molecule has 0 aromatic carbocycles. The summed E-state index contributed by atoms with van der Waals surface area (Å²) in [5.41, 5.74) is 0. The Morgan fingerprint density at radius 1 is 1.35 bits per heavy atom. The average Bonchev–Trinajstić information content (AvgIpc) is 2.82. The van der Waals surface area contributed by atoms with Gasteiger partial charge in [0.05, 0.1) is 19.1 Å². The smallest absolute Gasteiger partial charge is 0.329 e. The van der Waals surface area contributed by atoms with Gasteiger partial charge in [0.25, 0.3) is 0 Å². The summed E-state index contributed by atoms with van der Waals surface area (Å²) in [6, 6.07) is -0.626. The van der Waals surface area contributed by atoms with E-state index in [2.05, 4.69) is 0 Å². The average molecular weight is 303 g/mol. The number of thioether (sulfide) groups is 1. The van der Waals surface area contributed by atoms with Crippen LogP contribution in [0.2, 0.25) is 0 Å². The predicted octanol–water partition coefficient (Wildman–Crippen LogP) is 1.04. The Morgan fingerprint density at radius 3 is 2.50 bits per heavy atom. The molecule has 0 radical (unpaired) electrons. The van der Waals surface area contributed by atoms with Crippen LogP contribution in [0, 0.1) is 5.92 Å². The van der Waals surface area contributed by atoms with Crippen LogP contribution in [0.4, 0.5) is 0 Å². The molecule has 0 aromatic rings. The van der Waals surface area contributed by atoms with Crippen molar-refractivity contribution in [3.05, 3.63) is 0 Å². The maximum Gasteiger partial charge on any atom is 0.329 e. The maximum atomic E-state index is 12.3. The van der Waals surface area contributed by atoms with E-state index in [1.54, 1.807) is 6.92 Å². The molecule has 1 aliphatic rings. The standard InChI is InChI=1S/C13H21NO5S/c1-5-19-11(16)6-10(15)14-9(13(17)18-4)7-20-12(14)8(2)3/h8-9,12H,5-7H2,1-4H3/t9-,12+/m0/s1. The molecule has 114 valence electrons. The fraction of sp³-hybridized carbons (Fsp3) is 0.769. The lowest BCUT2D eigenvalue weighted by atomic mass is 10.1. The fourth-order valence-electron chi connectivity index (χ4n) is 2.10. The van der Waals surface area contributed by atoms with E-state index in [0.29, 0.717) is 5.75 Å². The summed E-state index contributed by atoms with van der Waals surface area (Å²) in [5.74, 6) is -0.730. The normalized spacial score (nSPS) is 21.9. The SMILES string of the molecule is CCOC(=O)CC(=O)N1[C@@H](C(C)C)SC[C@H]1C(=O)OC. The fourth-order valence-corrected chi connectivity index (χ4v) is 3.59. The zero-order chi connectivity index (χ0) is 15.3. The van der Waals surface area contributed by atoms with Crippen LogP contribution in [-0.2, 0) is 23.9 Å². The Morgan fingerprint density at radius 2 is 2.00 bits per heavy atom. The Bertz CT molecular complexity index is 385. The topological polar surface area (TPSA) is 72.9 Å². The molecular formula is C13H21NO5S. The first kappa shape index (κ1) is 16.8. The molecule has 20 heavy (non-hydrogen) atoms. The van der Waals surface area contributed by atoms with Crippen molar-refractivity contribution >= 4 is 29.6 Å². The highest BCUT2D eigenvalue weighted by Crippen LogP contribution is 2.34. The van der Waals surface area contributed by atoms with Crippen molar-refractivity contribution in [3.8, 4) is 0 Å². The lowest BCUT2D eigenvalue weighted by Crippen LogP contribution is -2.48. The number of carbonyl (C=O) groups excluding carboxylic acids is 3. The van der Waals surface area contributed by atoms with Gasteiger partial charge in [-0.3, -0.25) is 9.59 Å². The molecule has 1 amide bonds. The van der Waals surface area contributed by atoms with Crippen molar-refractivity contribution in [2.75, 3.05) is 19.5 Å². The lowest BCUT2D eigenvalue weighted by molar-refractivity contribution is -0.156. The van der Waals surface area contributed by atoms with Crippen LogP contribution in [0.1, 0.15) is 27.2 Å². The van der Waals surface area contributed by atoms with E-state index in [1.807, 2.05) is 13.8 Å². The molecule has 1 heterocycles. The maximum absolute atomic E-state index is 12.3. The van der Waals surface area contributed by atoms with Crippen LogP contribution in [0.15, 0.2) is 0 Å². The molecule has 1 saturated heterocycles. The van der Waals surface area contributed by atoms with Gasteiger partial charge in [-0.15, -0.1) is 11.8 Å². The second-order valence-corrected chi connectivity index (χ2v) is 5.94. The number of rotatable bonds is 5. The number of hydrogen-bond acceptors (Lipinski definition) is 6. The Hall–Kier alpha value is -1.24. The summed E-state index contributed by atoms with van der Waals surface area (Å²) in [6.45, 7) is 5.86. The minimum Gasteiger partial charge on any atom is -0.467 e. The number of esters is 2. The number of ether oxygens (including phenoxy) is 2. The van der Waals surface area contributed by atoms with E-state index in [-0.39, 0.29) is 30.2 Å². The molecule has 1 aliphatic heterocycles. The van der Waals surface area contributed by atoms with Crippen LogP contribution >= 0.6 is 11.8 Å². The Balaban J connectivity index is 2.84. The molecular weight excluding hydrogens is 282 g/mol. The summed E-state index contributed by atoms with van der Waals surface area (Å²) in [7, 11) is 1.30. The van der Waals surface area contributed by atoms with Gasteiger partial charge in [-0.05, 0) is 12.8 Å². The third-order valence-electron chi connectivity index (χ3n) is 2.97. The zero-order valence-corrected chi connectivity index (χ0v) is 13.1. The molecule has 0 aromatic heterocycles. The van der Waals surface area contributed by atoms with Crippen molar-refractivity contribution in [2.24, 2.45) is 5.92 Å². The van der Waals surface area contributed by atoms with E-state index >= 15 is 0 Å². The number of methoxy groups -OCH3 is 1. The van der Waals surface area contributed by atoms with Gasteiger partial charge >= 0.3 is 11.9 Å². The van der Waals surface area contributed by atoms with Gasteiger partial charge in [0.2, 0.25) is 5.91 Å². The van der Waals surface area contributed by atoms with Gasteiger partial charge in [0.1, 0.15) is 12.5 Å². The van der Waals surface area contributed by atoms with Gasteiger partial charge < -0.3 is 14.4 Å². The van der Waals surface area contributed by atoms with Crippen molar-refractivity contribution < 1.29 is 23.9 Å². The molecule has 0 aliphatic carbocycles. The second-order valence-electron chi connectivity index (χ2n) is 4.79. The number of hydrogen-bond donors (Lipinski definition) is 0. The van der Waals surface area contributed by atoms with Crippen LogP contribution < -0.4 is 0 Å². The molecule has 2 atom stereocenters. The molecule has 0 bridgehead atoms. The first-order valence-corrected chi connectivity index (χ1v) is 7.63. The first-order chi connectivity index (χ1) is 9.42. The van der Waals surface area contributed by atoms with Crippen LogP contribution in [0.5, 0.6) is 0 Å². The second kappa shape index (κ2) is 7.52.